The largest absolute Gasteiger partial charge is 0.495 e. The van der Waals surface area contributed by atoms with Crippen LogP contribution >= 0.6 is 0 Å². The number of nitrogen functional groups attached to an aromatic ring is 1. The molecule has 3 N–H and O–H groups in total. The van der Waals surface area contributed by atoms with Gasteiger partial charge >= 0.3 is 0 Å². The lowest BCUT2D eigenvalue weighted by atomic mass is 10.1. The average Bonchev–Trinajstić information content (AvgIpc) is 2.35. The van der Waals surface area contributed by atoms with E-state index in [2.05, 4.69) is 19.2 Å². The summed E-state index contributed by atoms with van der Waals surface area (Å²) in [6, 6.07) is 5.27. The fourth-order valence-electron chi connectivity index (χ4n) is 1.64. The first-order valence-corrected chi connectivity index (χ1v) is 5.86. The van der Waals surface area contributed by atoms with Gasteiger partial charge in [-0.25, -0.2) is 0 Å². The Bertz CT molecular complexity index is 387. The van der Waals surface area contributed by atoms with E-state index in [1.54, 1.807) is 25.3 Å². The lowest BCUT2D eigenvalue weighted by Gasteiger charge is -2.15. The fraction of sp³-hybridized carbons (Fsp3) is 0.462. The highest BCUT2D eigenvalue weighted by Gasteiger charge is 2.11. The van der Waals surface area contributed by atoms with Crippen LogP contribution in [-0.2, 0) is 0 Å². The maximum absolute atomic E-state index is 11.9. The van der Waals surface area contributed by atoms with E-state index in [4.69, 9.17) is 10.5 Å². The van der Waals surface area contributed by atoms with E-state index < -0.39 is 0 Å². The van der Waals surface area contributed by atoms with Crippen LogP contribution in [0.15, 0.2) is 18.2 Å². The summed E-state index contributed by atoms with van der Waals surface area (Å²) in [6.07, 6.45) is 1.85. The lowest BCUT2D eigenvalue weighted by Crippen LogP contribution is -2.33. The maximum Gasteiger partial charge on any atom is 0.251 e. The van der Waals surface area contributed by atoms with Crippen LogP contribution in [0.25, 0.3) is 0 Å². The number of carbonyl (C=O) groups excluding carboxylic acids is 1. The second-order valence-corrected chi connectivity index (χ2v) is 3.94. The molecule has 0 aromatic heterocycles. The monoisotopic (exact) mass is 236 g/mol. The van der Waals surface area contributed by atoms with Gasteiger partial charge in [0.15, 0.2) is 0 Å². The number of nitrogens with one attached hydrogen (secondary N) is 1. The highest BCUT2D eigenvalue weighted by Crippen LogP contribution is 2.21. The first kappa shape index (κ1) is 13.4. The smallest absolute Gasteiger partial charge is 0.251 e. The Hall–Kier alpha value is -1.71. The van der Waals surface area contributed by atoms with Crippen LogP contribution in [0.4, 0.5) is 5.69 Å². The van der Waals surface area contributed by atoms with Gasteiger partial charge in [-0.3, -0.25) is 4.79 Å². The Morgan fingerprint density at radius 2 is 2.06 bits per heavy atom. The summed E-state index contributed by atoms with van der Waals surface area (Å²) in [5.41, 5.74) is 6.80. The standard InChI is InChI=1S/C13H20N2O2/c1-4-10(5-2)15-13(16)9-6-7-12(17-3)11(14)8-9/h6-8,10H,4-5,14H2,1-3H3,(H,15,16). The van der Waals surface area contributed by atoms with Crippen molar-refractivity contribution in [1.82, 2.24) is 5.32 Å². The minimum absolute atomic E-state index is 0.0898. The number of benzene rings is 1. The highest BCUT2D eigenvalue weighted by molar-refractivity contribution is 5.95. The van der Waals surface area contributed by atoms with Gasteiger partial charge in [0.2, 0.25) is 0 Å². The minimum atomic E-state index is -0.0898. The van der Waals surface area contributed by atoms with Gasteiger partial charge in [-0.15, -0.1) is 0 Å². The number of hydrogen-bond acceptors (Lipinski definition) is 3. The number of amides is 1. The molecule has 0 saturated heterocycles. The molecule has 0 spiro atoms. The molecule has 0 heterocycles. The fourth-order valence-corrected chi connectivity index (χ4v) is 1.64. The highest BCUT2D eigenvalue weighted by atomic mass is 16.5. The number of hydrogen-bond donors (Lipinski definition) is 2. The van der Waals surface area contributed by atoms with Gasteiger partial charge in [0, 0.05) is 11.6 Å². The molecular formula is C13H20N2O2. The van der Waals surface area contributed by atoms with Crippen LogP contribution in [0.5, 0.6) is 5.75 Å². The van der Waals surface area contributed by atoms with Gasteiger partial charge in [0.05, 0.1) is 12.8 Å². The summed E-state index contributed by atoms with van der Waals surface area (Å²) in [7, 11) is 1.55. The SMILES string of the molecule is CCC(CC)NC(=O)c1ccc(OC)c(N)c1. The third-order valence-electron chi connectivity index (χ3n) is 2.81. The maximum atomic E-state index is 11.9. The van der Waals surface area contributed by atoms with E-state index in [-0.39, 0.29) is 11.9 Å². The van der Waals surface area contributed by atoms with E-state index in [0.29, 0.717) is 17.0 Å². The summed E-state index contributed by atoms with van der Waals surface area (Å²) in [5, 5.41) is 2.96. The molecule has 1 aromatic rings. The first-order chi connectivity index (χ1) is 8.12. The molecule has 0 aliphatic heterocycles. The molecule has 0 aliphatic rings. The van der Waals surface area contributed by atoms with E-state index in [1.807, 2.05) is 0 Å². The molecule has 1 aromatic carbocycles. The van der Waals surface area contributed by atoms with Gasteiger partial charge in [0.1, 0.15) is 5.75 Å². The number of carbonyl (C=O) groups is 1. The van der Waals surface area contributed by atoms with Crippen LogP contribution in [0.3, 0.4) is 0 Å². The average molecular weight is 236 g/mol. The molecule has 4 heteroatoms. The van der Waals surface area contributed by atoms with Crippen molar-refractivity contribution in [2.45, 2.75) is 32.7 Å². The molecule has 4 nitrogen and oxygen atoms in total. The second-order valence-electron chi connectivity index (χ2n) is 3.94. The van der Waals surface area contributed by atoms with Gasteiger partial charge < -0.3 is 15.8 Å². The molecule has 0 bridgehead atoms. The summed E-state index contributed by atoms with van der Waals surface area (Å²) >= 11 is 0. The van der Waals surface area contributed by atoms with E-state index >= 15 is 0 Å². The molecule has 1 rings (SSSR count). The van der Waals surface area contributed by atoms with Crippen molar-refractivity contribution in [1.29, 1.82) is 0 Å². The molecule has 0 saturated carbocycles. The Morgan fingerprint density at radius 3 is 2.53 bits per heavy atom. The van der Waals surface area contributed by atoms with E-state index in [1.165, 1.54) is 0 Å². The van der Waals surface area contributed by atoms with Crippen molar-refractivity contribution in [3.63, 3.8) is 0 Å². The van der Waals surface area contributed by atoms with Crippen LogP contribution in [0, 0.1) is 0 Å². The van der Waals surface area contributed by atoms with Crippen molar-refractivity contribution < 1.29 is 9.53 Å². The van der Waals surface area contributed by atoms with E-state index in [0.717, 1.165) is 12.8 Å². The lowest BCUT2D eigenvalue weighted by molar-refractivity contribution is 0.0935. The van der Waals surface area contributed by atoms with Gasteiger partial charge in [-0.05, 0) is 31.0 Å². The van der Waals surface area contributed by atoms with Crippen LogP contribution in [-0.4, -0.2) is 19.1 Å². The van der Waals surface area contributed by atoms with Gasteiger partial charge in [0.25, 0.3) is 5.91 Å². The van der Waals surface area contributed by atoms with Crippen LogP contribution in [0.2, 0.25) is 0 Å². The third kappa shape index (κ3) is 3.37. The van der Waals surface area contributed by atoms with Gasteiger partial charge in [-0.1, -0.05) is 13.8 Å². The zero-order valence-corrected chi connectivity index (χ0v) is 10.6. The number of methoxy groups -OCH3 is 1. The summed E-state index contributed by atoms with van der Waals surface area (Å²) in [6.45, 7) is 4.10. The summed E-state index contributed by atoms with van der Waals surface area (Å²) in [4.78, 5) is 11.9. The van der Waals surface area contributed by atoms with Crippen molar-refractivity contribution in [2.75, 3.05) is 12.8 Å². The Kier molecular flexibility index (Phi) is 4.82. The quantitative estimate of drug-likeness (QED) is 0.770. The predicted molar refractivity (Wildman–Crippen MR) is 69.2 cm³/mol. The molecule has 17 heavy (non-hydrogen) atoms. The van der Waals surface area contributed by atoms with Crippen LogP contribution < -0.4 is 15.8 Å². The zero-order valence-electron chi connectivity index (χ0n) is 10.6. The topological polar surface area (TPSA) is 64.3 Å². The Balaban J connectivity index is 2.79. The summed E-state index contributed by atoms with van der Waals surface area (Å²) < 4.78 is 5.05. The first-order valence-electron chi connectivity index (χ1n) is 5.86. The van der Waals surface area contributed by atoms with E-state index in [9.17, 15) is 4.79 Å². The Morgan fingerprint density at radius 1 is 1.41 bits per heavy atom. The molecule has 0 atom stereocenters. The number of rotatable bonds is 5. The second kappa shape index (κ2) is 6.13. The Labute approximate surface area is 102 Å². The third-order valence-corrected chi connectivity index (χ3v) is 2.81. The normalized spacial score (nSPS) is 10.4. The zero-order chi connectivity index (χ0) is 12.8. The minimum Gasteiger partial charge on any atom is -0.495 e. The van der Waals surface area contributed by atoms with Crippen molar-refractivity contribution in [2.24, 2.45) is 0 Å². The van der Waals surface area contributed by atoms with Crippen molar-refractivity contribution >= 4 is 11.6 Å². The predicted octanol–water partition coefficient (Wildman–Crippen LogP) is 2.20. The summed E-state index contributed by atoms with van der Waals surface area (Å²) in [5.74, 6) is 0.497. The van der Waals surface area contributed by atoms with Gasteiger partial charge in [-0.2, -0.15) is 0 Å². The molecule has 1 amide bonds. The molecule has 0 radical (unpaired) electrons. The number of ether oxygens (including phenoxy) is 1. The molecule has 0 fully saturated rings. The molecule has 94 valence electrons. The number of anilines is 1. The molecule has 0 unspecified atom stereocenters. The molecule has 0 aliphatic carbocycles. The van der Waals surface area contributed by atoms with Crippen molar-refractivity contribution in [3.8, 4) is 5.75 Å². The van der Waals surface area contributed by atoms with Crippen LogP contribution in [0.1, 0.15) is 37.0 Å². The van der Waals surface area contributed by atoms with Crippen molar-refractivity contribution in [3.05, 3.63) is 23.8 Å². The molecular weight excluding hydrogens is 216 g/mol. The number of nitrogens with two attached hydrogens (primary N) is 1.